The van der Waals surface area contributed by atoms with Crippen LogP contribution in [0.5, 0.6) is 0 Å². The number of halogens is 2. The average Bonchev–Trinajstić information content (AvgIpc) is 2.50. The van der Waals surface area contributed by atoms with Gasteiger partial charge in [0.2, 0.25) is 0 Å². The fourth-order valence-corrected chi connectivity index (χ4v) is 1.56. The van der Waals surface area contributed by atoms with Gasteiger partial charge in [-0.05, 0) is 19.1 Å². The second-order valence-corrected chi connectivity index (χ2v) is 3.32. The highest BCUT2D eigenvalue weighted by Crippen LogP contribution is 2.26. The summed E-state index contributed by atoms with van der Waals surface area (Å²) in [5.41, 5.74) is 5.72. The van der Waals surface area contributed by atoms with Crippen molar-refractivity contribution in [3.63, 3.8) is 0 Å². The number of aromatic nitrogens is 1. The van der Waals surface area contributed by atoms with Crippen molar-refractivity contribution < 1.29 is 8.78 Å². The lowest BCUT2D eigenvalue weighted by molar-refractivity contribution is 0.544. The second kappa shape index (κ2) is 3.06. The Bertz CT molecular complexity index is 474. The van der Waals surface area contributed by atoms with Gasteiger partial charge in [0.05, 0.1) is 5.52 Å². The van der Waals surface area contributed by atoms with Gasteiger partial charge in [0.1, 0.15) is 5.82 Å². The van der Waals surface area contributed by atoms with Crippen molar-refractivity contribution in [2.75, 3.05) is 0 Å². The number of hydrogen-bond acceptors (Lipinski definition) is 1. The first-order valence-electron chi connectivity index (χ1n) is 4.32. The first-order chi connectivity index (χ1) is 6.61. The topological polar surface area (TPSA) is 41.8 Å². The van der Waals surface area contributed by atoms with Crippen LogP contribution in [0.2, 0.25) is 0 Å². The monoisotopic (exact) mass is 196 g/mol. The van der Waals surface area contributed by atoms with E-state index in [0.29, 0.717) is 10.9 Å². The standard InChI is InChI=1S/C10H10F2N2/c1-5(13)8-7(11)4-6-2-3-14-10(6)9(8)12/h2-5,14H,13H2,1H3. The highest BCUT2D eigenvalue weighted by molar-refractivity contribution is 5.81. The summed E-state index contributed by atoms with van der Waals surface area (Å²) in [7, 11) is 0. The quantitative estimate of drug-likeness (QED) is 0.722. The van der Waals surface area contributed by atoms with E-state index in [4.69, 9.17) is 5.73 Å². The van der Waals surface area contributed by atoms with Crippen LogP contribution in [0.25, 0.3) is 10.9 Å². The Labute approximate surface area is 79.7 Å². The summed E-state index contributed by atoms with van der Waals surface area (Å²) >= 11 is 0. The molecule has 3 N–H and O–H groups in total. The predicted molar refractivity (Wildman–Crippen MR) is 50.8 cm³/mol. The zero-order valence-corrected chi connectivity index (χ0v) is 7.64. The van der Waals surface area contributed by atoms with E-state index < -0.39 is 17.7 Å². The van der Waals surface area contributed by atoms with Crippen LogP contribution in [0.1, 0.15) is 18.5 Å². The highest BCUT2D eigenvalue weighted by atomic mass is 19.1. The van der Waals surface area contributed by atoms with E-state index in [0.717, 1.165) is 0 Å². The highest BCUT2D eigenvalue weighted by Gasteiger charge is 2.16. The molecule has 0 aliphatic rings. The molecule has 0 saturated heterocycles. The van der Waals surface area contributed by atoms with E-state index >= 15 is 0 Å². The number of benzene rings is 1. The van der Waals surface area contributed by atoms with E-state index in [1.807, 2.05) is 0 Å². The third-order valence-corrected chi connectivity index (χ3v) is 2.23. The fraction of sp³-hybridized carbons (Fsp3) is 0.200. The van der Waals surface area contributed by atoms with Gasteiger partial charge in [-0.25, -0.2) is 8.78 Å². The smallest absolute Gasteiger partial charge is 0.154 e. The lowest BCUT2D eigenvalue weighted by Crippen LogP contribution is -2.10. The van der Waals surface area contributed by atoms with E-state index in [9.17, 15) is 8.78 Å². The van der Waals surface area contributed by atoms with E-state index in [2.05, 4.69) is 4.98 Å². The number of nitrogens with two attached hydrogens (primary N) is 1. The molecule has 1 heterocycles. The predicted octanol–water partition coefficient (Wildman–Crippen LogP) is 2.47. The first-order valence-corrected chi connectivity index (χ1v) is 4.32. The molecule has 0 spiro atoms. The molecule has 0 bridgehead atoms. The summed E-state index contributed by atoms with van der Waals surface area (Å²) < 4.78 is 27.0. The first kappa shape index (κ1) is 9.15. The van der Waals surface area contributed by atoms with Crippen LogP contribution in [-0.4, -0.2) is 4.98 Å². The molecule has 14 heavy (non-hydrogen) atoms. The van der Waals surface area contributed by atoms with Crippen LogP contribution in [0.3, 0.4) is 0 Å². The summed E-state index contributed by atoms with van der Waals surface area (Å²) in [6, 6.07) is 2.25. The maximum atomic E-state index is 13.7. The van der Waals surface area contributed by atoms with Crippen LogP contribution < -0.4 is 5.73 Å². The van der Waals surface area contributed by atoms with Crippen LogP contribution in [-0.2, 0) is 0 Å². The maximum Gasteiger partial charge on any atom is 0.154 e. The van der Waals surface area contributed by atoms with Crippen LogP contribution in [0, 0.1) is 11.6 Å². The Morgan fingerprint density at radius 3 is 2.79 bits per heavy atom. The normalized spacial score (nSPS) is 13.4. The van der Waals surface area contributed by atoms with Gasteiger partial charge >= 0.3 is 0 Å². The maximum absolute atomic E-state index is 13.7. The Morgan fingerprint density at radius 2 is 2.14 bits per heavy atom. The SMILES string of the molecule is CC(N)c1c(F)cc2cc[nH]c2c1F. The third kappa shape index (κ3) is 1.19. The van der Waals surface area contributed by atoms with Crippen LogP contribution >= 0.6 is 0 Å². The van der Waals surface area contributed by atoms with E-state index in [1.54, 1.807) is 19.2 Å². The molecule has 2 aromatic rings. The Morgan fingerprint density at radius 1 is 1.43 bits per heavy atom. The molecule has 2 nitrogen and oxygen atoms in total. The lowest BCUT2D eigenvalue weighted by Gasteiger charge is -2.09. The van der Waals surface area contributed by atoms with E-state index in [-0.39, 0.29) is 5.56 Å². The van der Waals surface area contributed by atoms with Crippen molar-refractivity contribution in [3.05, 3.63) is 35.5 Å². The van der Waals surface area contributed by atoms with Crippen LogP contribution in [0.15, 0.2) is 18.3 Å². The molecule has 1 aromatic heterocycles. The molecule has 0 saturated carbocycles. The molecule has 1 aromatic carbocycles. The molecule has 0 amide bonds. The molecule has 1 atom stereocenters. The largest absolute Gasteiger partial charge is 0.359 e. The van der Waals surface area contributed by atoms with Gasteiger partial charge in [0, 0.05) is 23.2 Å². The number of aromatic amines is 1. The minimum atomic E-state index is -0.650. The zero-order chi connectivity index (χ0) is 10.3. The van der Waals surface area contributed by atoms with Crippen molar-refractivity contribution in [1.82, 2.24) is 4.98 Å². The van der Waals surface area contributed by atoms with E-state index in [1.165, 1.54) is 6.07 Å². The summed E-state index contributed by atoms with van der Waals surface area (Å²) in [5.74, 6) is -1.19. The van der Waals surface area contributed by atoms with Gasteiger partial charge in [-0.15, -0.1) is 0 Å². The van der Waals surface area contributed by atoms with Gasteiger partial charge in [-0.3, -0.25) is 0 Å². The van der Waals surface area contributed by atoms with Gasteiger partial charge in [-0.2, -0.15) is 0 Å². The molecule has 0 aliphatic carbocycles. The molecular formula is C10H10F2N2. The van der Waals surface area contributed by atoms with Crippen molar-refractivity contribution in [3.8, 4) is 0 Å². The minimum absolute atomic E-state index is 0.0695. The summed E-state index contributed by atoms with van der Waals surface area (Å²) in [6.45, 7) is 1.55. The van der Waals surface area contributed by atoms with Gasteiger partial charge < -0.3 is 10.7 Å². The summed E-state index contributed by atoms with van der Waals surface area (Å²) in [5, 5.41) is 0.518. The summed E-state index contributed by atoms with van der Waals surface area (Å²) in [4.78, 5) is 2.71. The molecule has 0 radical (unpaired) electrons. The Hall–Kier alpha value is -1.42. The Balaban J connectivity index is 2.82. The Kier molecular flexibility index (Phi) is 2.00. The summed E-state index contributed by atoms with van der Waals surface area (Å²) in [6.07, 6.45) is 1.57. The van der Waals surface area contributed by atoms with Crippen molar-refractivity contribution >= 4 is 10.9 Å². The number of rotatable bonds is 1. The molecular weight excluding hydrogens is 186 g/mol. The molecule has 0 aliphatic heterocycles. The second-order valence-electron chi connectivity index (χ2n) is 3.32. The minimum Gasteiger partial charge on any atom is -0.359 e. The van der Waals surface area contributed by atoms with Crippen molar-refractivity contribution in [2.45, 2.75) is 13.0 Å². The number of fused-ring (bicyclic) bond motifs is 1. The van der Waals surface area contributed by atoms with Gasteiger partial charge in [-0.1, -0.05) is 0 Å². The number of hydrogen-bond donors (Lipinski definition) is 2. The third-order valence-electron chi connectivity index (χ3n) is 2.23. The molecule has 74 valence electrons. The van der Waals surface area contributed by atoms with Gasteiger partial charge in [0.15, 0.2) is 5.82 Å². The van der Waals surface area contributed by atoms with Crippen molar-refractivity contribution in [1.29, 1.82) is 0 Å². The van der Waals surface area contributed by atoms with Crippen molar-refractivity contribution in [2.24, 2.45) is 5.73 Å². The average molecular weight is 196 g/mol. The molecule has 1 unspecified atom stereocenters. The molecule has 2 rings (SSSR count). The number of nitrogens with one attached hydrogen (secondary N) is 1. The molecule has 4 heteroatoms. The zero-order valence-electron chi connectivity index (χ0n) is 7.64. The number of H-pyrrole nitrogens is 1. The van der Waals surface area contributed by atoms with Crippen LogP contribution in [0.4, 0.5) is 8.78 Å². The van der Waals surface area contributed by atoms with Gasteiger partial charge in [0.25, 0.3) is 0 Å². The lowest BCUT2D eigenvalue weighted by atomic mass is 10.1. The fourth-order valence-electron chi connectivity index (χ4n) is 1.56. The molecule has 0 fully saturated rings.